The van der Waals surface area contributed by atoms with E-state index < -0.39 is 10.8 Å². The molecule has 124 valence electrons. The second-order valence-corrected chi connectivity index (χ2v) is 5.22. The Hall–Kier alpha value is -2.93. The van der Waals surface area contributed by atoms with Gasteiger partial charge in [0.1, 0.15) is 5.75 Å². The first-order chi connectivity index (χ1) is 11.5. The molecule has 1 N–H and O–H groups in total. The van der Waals surface area contributed by atoms with E-state index in [-0.39, 0.29) is 12.3 Å². The summed E-state index contributed by atoms with van der Waals surface area (Å²) >= 11 is 5.75. The first-order valence-corrected chi connectivity index (χ1v) is 7.30. The number of nitro groups is 1. The lowest BCUT2D eigenvalue weighted by atomic mass is 10.1. The Bertz CT molecular complexity index is 758. The smallest absolute Gasteiger partial charge is 0.277 e. The van der Waals surface area contributed by atoms with Crippen molar-refractivity contribution in [2.24, 2.45) is 5.10 Å². The molecule has 0 unspecified atom stereocenters. The molecule has 2 aromatic carbocycles. The van der Waals surface area contributed by atoms with Gasteiger partial charge in [0.25, 0.3) is 11.6 Å². The van der Waals surface area contributed by atoms with Crippen molar-refractivity contribution in [3.05, 3.63) is 69.2 Å². The Morgan fingerprint density at radius 2 is 1.83 bits per heavy atom. The van der Waals surface area contributed by atoms with Gasteiger partial charge in [-0.15, -0.1) is 0 Å². The highest BCUT2D eigenvalue weighted by molar-refractivity contribution is 6.30. The second-order valence-electron chi connectivity index (χ2n) is 4.78. The van der Waals surface area contributed by atoms with Gasteiger partial charge in [-0.05, 0) is 48.9 Å². The molecule has 0 aliphatic heterocycles. The summed E-state index contributed by atoms with van der Waals surface area (Å²) in [5.74, 6) is 0.0943. The van der Waals surface area contributed by atoms with E-state index in [2.05, 4.69) is 10.5 Å². The fraction of sp³-hybridized carbons (Fsp3) is 0.125. The molecule has 0 saturated heterocycles. The summed E-state index contributed by atoms with van der Waals surface area (Å²) in [6.45, 7) is 1.49. The zero-order valence-corrected chi connectivity index (χ0v) is 13.5. The quantitative estimate of drug-likeness (QED) is 0.493. The Labute approximate surface area is 143 Å². The number of rotatable bonds is 6. The number of halogens is 1. The highest BCUT2D eigenvalue weighted by Gasteiger charge is 2.06. The van der Waals surface area contributed by atoms with Crippen molar-refractivity contribution >= 4 is 28.9 Å². The van der Waals surface area contributed by atoms with Crippen molar-refractivity contribution in [1.82, 2.24) is 5.43 Å². The highest BCUT2D eigenvalue weighted by Crippen LogP contribution is 2.15. The first-order valence-electron chi connectivity index (χ1n) is 6.92. The van der Waals surface area contributed by atoms with E-state index in [1.165, 1.54) is 12.1 Å². The van der Waals surface area contributed by atoms with Gasteiger partial charge in [-0.1, -0.05) is 11.6 Å². The minimum atomic E-state index is -0.480. The Kier molecular flexibility index (Phi) is 5.86. The van der Waals surface area contributed by atoms with E-state index in [1.54, 1.807) is 43.3 Å². The van der Waals surface area contributed by atoms with Crippen molar-refractivity contribution in [3.8, 4) is 5.75 Å². The number of ether oxygens (including phenoxy) is 1. The van der Waals surface area contributed by atoms with Crippen LogP contribution in [0.3, 0.4) is 0 Å². The number of carbonyl (C=O) groups excluding carboxylic acids is 1. The van der Waals surface area contributed by atoms with Crippen LogP contribution in [0.15, 0.2) is 53.6 Å². The average Bonchev–Trinajstić information content (AvgIpc) is 2.59. The van der Waals surface area contributed by atoms with Crippen molar-refractivity contribution in [2.75, 3.05) is 6.61 Å². The van der Waals surface area contributed by atoms with Crippen LogP contribution >= 0.6 is 11.6 Å². The number of carbonyl (C=O) groups is 1. The molecular formula is C16H14ClN3O4. The molecule has 0 fully saturated rings. The predicted octanol–water partition coefficient (Wildman–Crippen LogP) is 3.17. The van der Waals surface area contributed by atoms with Crippen LogP contribution in [0.1, 0.15) is 12.5 Å². The third-order valence-corrected chi connectivity index (χ3v) is 3.28. The summed E-state index contributed by atoms with van der Waals surface area (Å²) in [7, 11) is 0. The van der Waals surface area contributed by atoms with Gasteiger partial charge < -0.3 is 4.74 Å². The number of hydrogen-bond donors (Lipinski definition) is 1. The number of non-ortho nitro benzene ring substituents is 1. The number of amides is 1. The van der Waals surface area contributed by atoms with E-state index in [9.17, 15) is 14.9 Å². The van der Waals surface area contributed by atoms with Crippen LogP contribution in [0.25, 0.3) is 0 Å². The molecule has 0 spiro atoms. The molecule has 0 bridgehead atoms. The molecule has 0 radical (unpaired) electrons. The van der Waals surface area contributed by atoms with Crippen molar-refractivity contribution in [1.29, 1.82) is 0 Å². The molecule has 0 heterocycles. The molecular weight excluding hydrogens is 334 g/mol. The summed E-state index contributed by atoms with van der Waals surface area (Å²) in [5, 5.41) is 15.1. The van der Waals surface area contributed by atoms with Crippen molar-refractivity contribution in [2.45, 2.75) is 6.92 Å². The largest absolute Gasteiger partial charge is 0.484 e. The molecule has 0 atom stereocenters. The molecule has 7 nitrogen and oxygen atoms in total. The zero-order valence-electron chi connectivity index (χ0n) is 12.7. The minimum Gasteiger partial charge on any atom is -0.484 e. The first kappa shape index (κ1) is 17.4. The van der Waals surface area contributed by atoms with Gasteiger partial charge in [-0.2, -0.15) is 5.10 Å². The fourth-order valence-corrected chi connectivity index (χ4v) is 1.87. The monoisotopic (exact) mass is 347 g/mol. The van der Waals surface area contributed by atoms with Gasteiger partial charge in [0, 0.05) is 17.2 Å². The minimum absolute atomic E-state index is 0.00745. The topological polar surface area (TPSA) is 93.8 Å². The molecule has 24 heavy (non-hydrogen) atoms. The number of nitrogens with zero attached hydrogens (tertiary/aromatic N) is 2. The van der Waals surface area contributed by atoms with Gasteiger partial charge >= 0.3 is 0 Å². The molecule has 8 heteroatoms. The van der Waals surface area contributed by atoms with E-state index in [1.807, 2.05) is 0 Å². The summed E-state index contributed by atoms with van der Waals surface area (Å²) < 4.78 is 5.29. The van der Waals surface area contributed by atoms with Crippen LogP contribution in [-0.4, -0.2) is 23.1 Å². The zero-order chi connectivity index (χ0) is 17.5. The van der Waals surface area contributed by atoms with Gasteiger partial charge in [0.15, 0.2) is 6.61 Å². The van der Waals surface area contributed by atoms with Crippen LogP contribution in [-0.2, 0) is 4.79 Å². The van der Waals surface area contributed by atoms with E-state index in [0.717, 1.165) is 0 Å². The van der Waals surface area contributed by atoms with Crippen molar-refractivity contribution in [3.63, 3.8) is 0 Å². The van der Waals surface area contributed by atoms with Gasteiger partial charge in [0.05, 0.1) is 10.6 Å². The van der Waals surface area contributed by atoms with Crippen LogP contribution in [0, 0.1) is 10.1 Å². The standard InChI is InChI=1S/C16H14ClN3O4/c1-11(12-2-6-14(7-3-12)20(22)23)18-19-16(21)10-24-15-8-4-13(17)5-9-15/h2-9H,10H2,1H3,(H,19,21)/b18-11-. The Balaban J connectivity index is 1.87. The number of hydrazone groups is 1. The Morgan fingerprint density at radius 3 is 2.42 bits per heavy atom. The summed E-state index contributed by atoms with van der Waals surface area (Å²) in [4.78, 5) is 21.8. The number of hydrogen-bond acceptors (Lipinski definition) is 5. The molecule has 1 amide bonds. The molecule has 0 aliphatic rings. The van der Waals surface area contributed by atoms with Crippen LogP contribution < -0.4 is 10.2 Å². The number of benzene rings is 2. The maximum Gasteiger partial charge on any atom is 0.277 e. The molecule has 0 saturated carbocycles. The van der Waals surface area contributed by atoms with E-state index in [4.69, 9.17) is 16.3 Å². The third-order valence-electron chi connectivity index (χ3n) is 3.03. The molecule has 0 aromatic heterocycles. The van der Waals surface area contributed by atoms with Gasteiger partial charge in [-0.3, -0.25) is 14.9 Å². The Morgan fingerprint density at radius 1 is 1.21 bits per heavy atom. The SMILES string of the molecule is C/C(=N/NC(=O)COc1ccc(Cl)cc1)c1ccc([N+](=O)[O-])cc1. The maximum absolute atomic E-state index is 11.7. The fourth-order valence-electron chi connectivity index (χ4n) is 1.75. The molecule has 2 aromatic rings. The summed E-state index contributed by atoms with van der Waals surface area (Å²) in [6, 6.07) is 12.5. The lowest BCUT2D eigenvalue weighted by Crippen LogP contribution is -2.25. The van der Waals surface area contributed by atoms with Crippen LogP contribution in [0.4, 0.5) is 5.69 Å². The third kappa shape index (κ3) is 5.06. The molecule has 2 rings (SSSR count). The number of nitrogens with one attached hydrogen (secondary N) is 1. The average molecular weight is 348 g/mol. The maximum atomic E-state index is 11.7. The van der Waals surface area contributed by atoms with Crippen LogP contribution in [0.2, 0.25) is 5.02 Å². The molecule has 0 aliphatic carbocycles. The van der Waals surface area contributed by atoms with Crippen LogP contribution in [0.5, 0.6) is 5.75 Å². The second kappa shape index (κ2) is 8.07. The van der Waals surface area contributed by atoms with Gasteiger partial charge in [0.2, 0.25) is 0 Å². The van der Waals surface area contributed by atoms with Gasteiger partial charge in [-0.25, -0.2) is 5.43 Å². The lowest BCUT2D eigenvalue weighted by molar-refractivity contribution is -0.384. The van der Waals surface area contributed by atoms with E-state index >= 15 is 0 Å². The number of nitro benzene ring substituents is 1. The van der Waals surface area contributed by atoms with E-state index in [0.29, 0.717) is 22.0 Å². The normalized spacial score (nSPS) is 11.0. The summed E-state index contributed by atoms with van der Waals surface area (Å²) in [5.41, 5.74) is 3.54. The predicted molar refractivity (Wildman–Crippen MR) is 90.4 cm³/mol. The van der Waals surface area contributed by atoms with Crippen molar-refractivity contribution < 1.29 is 14.5 Å². The summed E-state index contributed by atoms with van der Waals surface area (Å²) in [6.07, 6.45) is 0. The lowest BCUT2D eigenvalue weighted by Gasteiger charge is -2.06. The highest BCUT2D eigenvalue weighted by atomic mass is 35.5.